The van der Waals surface area contributed by atoms with Crippen LogP contribution in [0.4, 0.5) is 10.1 Å². The van der Waals surface area contributed by atoms with E-state index in [1.54, 1.807) is 0 Å². The Bertz CT molecular complexity index is 358. The van der Waals surface area contributed by atoms with E-state index in [-0.39, 0.29) is 16.6 Å². The van der Waals surface area contributed by atoms with Crippen molar-refractivity contribution < 1.29 is 14.4 Å². The third kappa shape index (κ3) is 2.27. The van der Waals surface area contributed by atoms with Crippen LogP contribution >= 0.6 is 15.9 Å². The highest BCUT2D eigenvalue weighted by Crippen LogP contribution is 2.22. The van der Waals surface area contributed by atoms with Gasteiger partial charge in [0.15, 0.2) is 0 Å². The van der Waals surface area contributed by atoms with E-state index in [1.165, 1.54) is 6.07 Å². The van der Waals surface area contributed by atoms with Crippen molar-refractivity contribution in [1.82, 2.24) is 0 Å². The summed E-state index contributed by atoms with van der Waals surface area (Å²) in [5.74, 6) is -0.772. The molecule has 0 aromatic heterocycles. The topological polar surface area (TPSA) is 63.4 Å². The monoisotopic (exact) mass is 263 g/mol. The Kier molecular flexibility index (Phi) is 3.54. The van der Waals surface area contributed by atoms with Crippen LogP contribution in [0.1, 0.15) is 11.7 Å². The Morgan fingerprint density at radius 2 is 2.29 bits per heavy atom. The molecule has 76 valence electrons. The summed E-state index contributed by atoms with van der Waals surface area (Å²) >= 11 is 2.98. The predicted molar refractivity (Wildman–Crippen MR) is 51.8 cm³/mol. The lowest BCUT2D eigenvalue weighted by atomic mass is 10.1. The van der Waals surface area contributed by atoms with E-state index in [0.29, 0.717) is 0 Å². The van der Waals surface area contributed by atoms with Crippen molar-refractivity contribution in [2.75, 3.05) is 5.33 Å². The third-order valence-electron chi connectivity index (χ3n) is 1.70. The van der Waals surface area contributed by atoms with Crippen LogP contribution in [0.3, 0.4) is 0 Å². The molecule has 0 amide bonds. The summed E-state index contributed by atoms with van der Waals surface area (Å²) in [6.45, 7) is 0. The van der Waals surface area contributed by atoms with E-state index in [0.717, 1.165) is 12.1 Å². The Labute approximate surface area is 87.6 Å². The van der Waals surface area contributed by atoms with Crippen molar-refractivity contribution in [2.24, 2.45) is 0 Å². The smallest absolute Gasteiger partial charge is 0.272 e. The second-order valence-corrected chi connectivity index (χ2v) is 3.28. The van der Waals surface area contributed by atoms with E-state index < -0.39 is 16.8 Å². The maximum Gasteiger partial charge on any atom is 0.272 e. The van der Waals surface area contributed by atoms with Crippen molar-refractivity contribution in [3.8, 4) is 0 Å². The summed E-state index contributed by atoms with van der Waals surface area (Å²) in [7, 11) is 0. The van der Waals surface area contributed by atoms with E-state index in [1.807, 2.05) is 0 Å². The summed E-state index contributed by atoms with van der Waals surface area (Å²) in [5, 5.41) is 19.7. The number of rotatable bonds is 3. The predicted octanol–water partition coefficient (Wildman–Crippen LogP) is 2.16. The molecule has 14 heavy (non-hydrogen) atoms. The number of benzene rings is 1. The minimum Gasteiger partial charge on any atom is -0.387 e. The Hall–Kier alpha value is -1.01. The second-order valence-electron chi connectivity index (χ2n) is 2.63. The number of nitro benzene ring substituents is 1. The average Bonchev–Trinajstić information content (AvgIpc) is 2.16. The Morgan fingerprint density at radius 1 is 1.64 bits per heavy atom. The van der Waals surface area contributed by atoms with Gasteiger partial charge in [0.2, 0.25) is 0 Å². The van der Waals surface area contributed by atoms with Crippen LogP contribution < -0.4 is 0 Å². The van der Waals surface area contributed by atoms with E-state index in [4.69, 9.17) is 0 Å². The van der Waals surface area contributed by atoms with Crippen LogP contribution in [-0.4, -0.2) is 15.4 Å². The lowest BCUT2D eigenvalue weighted by Crippen LogP contribution is -2.02. The van der Waals surface area contributed by atoms with Gasteiger partial charge in [0, 0.05) is 17.0 Å². The van der Waals surface area contributed by atoms with Gasteiger partial charge in [-0.2, -0.15) is 0 Å². The van der Waals surface area contributed by atoms with Crippen molar-refractivity contribution in [1.29, 1.82) is 0 Å². The number of nitro groups is 1. The van der Waals surface area contributed by atoms with Crippen LogP contribution in [0.2, 0.25) is 0 Å². The van der Waals surface area contributed by atoms with Crippen LogP contribution in [0.5, 0.6) is 0 Å². The molecule has 1 rings (SSSR count). The first kappa shape index (κ1) is 11.1. The molecular formula is C8H7BrFNO3. The van der Waals surface area contributed by atoms with E-state index in [2.05, 4.69) is 15.9 Å². The molecule has 0 saturated heterocycles. The van der Waals surface area contributed by atoms with Gasteiger partial charge in [-0.05, 0) is 6.07 Å². The highest BCUT2D eigenvalue weighted by molar-refractivity contribution is 9.09. The average molecular weight is 264 g/mol. The van der Waals surface area contributed by atoms with Crippen LogP contribution in [0.15, 0.2) is 18.2 Å². The Balaban J connectivity index is 3.07. The van der Waals surface area contributed by atoms with Crippen LogP contribution in [-0.2, 0) is 0 Å². The quantitative estimate of drug-likeness (QED) is 0.517. The second kappa shape index (κ2) is 4.47. The standard InChI is InChI=1S/C8H7BrFNO3/c9-4-8(12)6-2-1-5(11(13)14)3-7(6)10/h1-3,8,12H,4H2. The fraction of sp³-hybridized carbons (Fsp3) is 0.250. The molecule has 1 atom stereocenters. The zero-order chi connectivity index (χ0) is 10.7. The SMILES string of the molecule is O=[N+]([O-])c1ccc(C(O)CBr)c(F)c1. The maximum absolute atomic E-state index is 13.2. The summed E-state index contributed by atoms with van der Waals surface area (Å²) in [4.78, 5) is 9.58. The van der Waals surface area contributed by atoms with Gasteiger partial charge < -0.3 is 5.11 Å². The minimum atomic E-state index is -0.990. The Morgan fingerprint density at radius 3 is 2.71 bits per heavy atom. The molecule has 0 bridgehead atoms. The number of non-ortho nitro benzene ring substituents is 1. The number of aliphatic hydroxyl groups is 1. The van der Waals surface area contributed by atoms with Gasteiger partial charge in [-0.15, -0.1) is 0 Å². The molecule has 1 aromatic rings. The van der Waals surface area contributed by atoms with Crippen molar-refractivity contribution in [3.63, 3.8) is 0 Å². The molecule has 0 heterocycles. The van der Waals surface area contributed by atoms with Gasteiger partial charge in [0.1, 0.15) is 5.82 Å². The molecule has 1 N–H and O–H groups in total. The first-order valence-corrected chi connectivity index (χ1v) is 4.86. The molecule has 0 saturated carbocycles. The van der Waals surface area contributed by atoms with Crippen LogP contribution in [0.25, 0.3) is 0 Å². The molecule has 6 heteroatoms. The number of hydrogen-bond acceptors (Lipinski definition) is 3. The fourth-order valence-corrected chi connectivity index (χ4v) is 1.33. The number of hydrogen-bond donors (Lipinski definition) is 1. The summed E-state index contributed by atoms with van der Waals surface area (Å²) < 4.78 is 13.2. The first-order valence-electron chi connectivity index (χ1n) is 3.74. The minimum absolute atomic E-state index is 0.0486. The first-order chi connectivity index (χ1) is 6.56. The summed E-state index contributed by atoms with van der Waals surface area (Å²) in [5.41, 5.74) is -0.277. The summed E-state index contributed by atoms with van der Waals surface area (Å²) in [6, 6.07) is 3.16. The largest absolute Gasteiger partial charge is 0.387 e. The number of nitrogens with zero attached hydrogens (tertiary/aromatic N) is 1. The van der Waals surface area contributed by atoms with Crippen LogP contribution in [0, 0.1) is 15.9 Å². The van der Waals surface area contributed by atoms with Crippen molar-refractivity contribution in [3.05, 3.63) is 39.7 Å². The summed E-state index contributed by atoms with van der Waals surface area (Å²) in [6.07, 6.45) is -0.990. The van der Waals surface area contributed by atoms with Gasteiger partial charge in [0.25, 0.3) is 5.69 Å². The van der Waals surface area contributed by atoms with E-state index >= 15 is 0 Å². The highest BCUT2D eigenvalue weighted by atomic mass is 79.9. The molecule has 1 unspecified atom stereocenters. The fourth-order valence-electron chi connectivity index (χ4n) is 0.983. The molecule has 0 spiro atoms. The lowest BCUT2D eigenvalue weighted by Gasteiger charge is -2.07. The molecule has 0 aliphatic carbocycles. The van der Waals surface area contributed by atoms with E-state index in [9.17, 15) is 19.6 Å². The molecule has 4 nitrogen and oxygen atoms in total. The van der Waals surface area contributed by atoms with Crippen molar-refractivity contribution >= 4 is 21.6 Å². The third-order valence-corrected chi connectivity index (χ3v) is 2.31. The molecule has 0 radical (unpaired) electrons. The lowest BCUT2D eigenvalue weighted by molar-refractivity contribution is -0.385. The highest BCUT2D eigenvalue weighted by Gasteiger charge is 2.15. The maximum atomic E-state index is 13.2. The van der Waals surface area contributed by atoms with Gasteiger partial charge in [-0.25, -0.2) is 4.39 Å². The van der Waals surface area contributed by atoms with Gasteiger partial charge in [-0.1, -0.05) is 15.9 Å². The zero-order valence-corrected chi connectivity index (χ0v) is 8.57. The molecule has 0 aliphatic rings. The van der Waals surface area contributed by atoms with Gasteiger partial charge >= 0.3 is 0 Å². The van der Waals surface area contributed by atoms with Crippen molar-refractivity contribution in [2.45, 2.75) is 6.10 Å². The number of alkyl halides is 1. The molecule has 0 aliphatic heterocycles. The molecule has 1 aromatic carbocycles. The number of halogens is 2. The molecule has 0 fully saturated rings. The van der Waals surface area contributed by atoms with Gasteiger partial charge in [0.05, 0.1) is 17.1 Å². The zero-order valence-electron chi connectivity index (χ0n) is 6.98. The molecular weight excluding hydrogens is 257 g/mol. The van der Waals surface area contributed by atoms with Gasteiger partial charge in [-0.3, -0.25) is 10.1 Å². The normalized spacial score (nSPS) is 12.5. The number of aliphatic hydroxyl groups excluding tert-OH is 1.